The normalized spacial score (nSPS) is 17.5. The zero-order chi connectivity index (χ0) is 26.7. The minimum Gasteiger partial charge on any atom is -0.507 e. The lowest BCUT2D eigenvalue weighted by Crippen LogP contribution is -2.29. The number of aliphatic hydroxyl groups is 1. The number of Topliss-reactive ketones (excluding diaryl/α,β-unsaturated/α-hetero) is 1. The number of amides is 1. The molecule has 0 saturated carbocycles. The first-order valence-electron chi connectivity index (χ1n) is 11.6. The van der Waals surface area contributed by atoms with E-state index in [0.717, 1.165) is 17.0 Å². The number of ketones is 1. The monoisotopic (exact) mass is 510 g/mol. The molecule has 192 valence electrons. The number of nitrogens with zero attached hydrogens (tertiary/aromatic N) is 2. The van der Waals surface area contributed by atoms with E-state index in [2.05, 4.69) is 4.98 Å². The van der Waals surface area contributed by atoms with Crippen molar-refractivity contribution in [1.82, 2.24) is 9.88 Å². The maximum absolute atomic E-state index is 13.3. The summed E-state index contributed by atoms with van der Waals surface area (Å²) >= 11 is 0. The van der Waals surface area contributed by atoms with E-state index in [9.17, 15) is 27.9 Å². The molecule has 1 fully saturated rings. The van der Waals surface area contributed by atoms with E-state index in [-0.39, 0.29) is 29.2 Å². The quantitative estimate of drug-likeness (QED) is 0.249. The van der Waals surface area contributed by atoms with Gasteiger partial charge in [0.05, 0.1) is 23.8 Å². The van der Waals surface area contributed by atoms with E-state index in [1.807, 2.05) is 13.8 Å². The number of rotatable bonds is 7. The molecule has 0 spiro atoms. The summed E-state index contributed by atoms with van der Waals surface area (Å²) < 4.78 is 45.5. The number of ether oxygens (including phenoxy) is 1. The molecule has 2 heterocycles. The fraction of sp³-hybridized carbons (Fsp3) is 0.250. The number of hydrogen-bond donors (Lipinski definition) is 1. The van der Waals surface area contributed by atoms with Gasteiger partial charge in [0.25, 0.3) is 11.7 Å². The second-order valence-electron chi connectivity index (χ2n) is 9.14. The number of likely N-dealkylation sites (tertiary alicyclic amines) is 1. The summed E-state index contributed by atoms with van der Waals surface area (Å²) in [5.41, 5.74) is -0.0726. The van der Waals surface area contributed by atoms with Crippen molar-refractivity contribution in [2.24, 2.45) is 5.92 Å². The smallest absolute Gasteiger partial charge is 0.416 e. The number of benzene rings is 2. The summed E-state index contributed by atoms with van der Waals surface area (Å²) in [5, 5.41) is 11.2. The van der Waals surface area contributed by atoms with Crippen LogP contribution in [0.2, 0.25) is 0 Å². The van der Waals surface area contributed by atoms with Crippen LogP contribution in [0, 0.1) is 5.92 Å². The molecule has 1 aliphatic heterocycles. The largest absolute Gasteiger partial charge is 0.507 e. The fourth-order valence-electron chi connectivity index (χ4n) is 4.13. The summed E-state index contributed by atoms with van der Waals surface area (Å²) in [7, 11) is 0. The topological polar surface area (TPSA) is 79.7 Å². The van der Waals surface area contributed by atoms with Crippen LogP contribution in [-0.4, -0.2) is 33.3 Å². The minimum atomic E-state index is -4.56. The molecule has 3 aromatic rings. The molecule has 4 rings (SSSR count). The third kappa shape index (κ3) is 5.66. The first-order valence-corrected chi connectivity index (χ1v) is 11.6. The zero-order valence-electron chi connectivity index (χ0n) is 20.2. The van der Waals surface area contributed by atoms with Crippen LogP contribution in [0.15, 0.2) is 78.6 Å². The van der Waals surface area contributed by atoms with Crippen LogP contribution in [0.4, 0.5) is 13.2 Å². The van der Waals surface area contributed by atoms with Gasteiger partial charge in [-0.25, -0.2) is 0 Å². The van der Waals surface area contributed by atoms with Crippen LogP contribution in [0.3, 0.4) is 0 Å². The number of carbonyl (C=O) groups is 2. The maximum Gasteiger partial charge on any atom is 0.416 e. The van der Waals surface area contributed by atoms with E-state index in [4.69, 9.17) is 4.74 Å². The number of alkyl halides is 3. The number of aliphatic hydroxyl groups excluding tert-OH is 1. The Morgan fingerprint density at radius 2 is 1.76 bits per heavy atom. The van der Waals surface area contributed by atoms with Crippen molar-refractivity contribution in [3.8, 4) is 5.75 Å². The Bertz CT molecular complexity index is 1340. The maximum atomic E-state index is 13.3. The van der Waals surface area contributed by atoms with Crippen LogP contribution < -0.4 is 4.74 Å². The van der Waals surface area contributed by atoms with Crippen molar-refractivity contribution in [3.05, 3.63) is 101 Å². The molecule has 1 atom stereocenters. The summed E-state index contributed by atoms with van der Waals surface area (Å²) in [5.74, 6) is -1.50. The molecule has 0 bridgehead atoms. The van der Waals surface area contributed by atoms with Crippen molar-refractivity contribution >= 4 is 17.4 Å². The Hall–Kier alpha value is -4.14. The summed E-state index contributed by atoms with van der Waals surface area (Å²) in [6.07, 6.45) is -1.61. The van der Waals surface area contributed by atoms with E-state index < -0.39 is 35.2 Å². The highest BCUT2D eigenvalue weighted by Crippen LogP contribution is 2.41. The number of halogens is 3. The Labute approximate surface area is 212 Å². The van der Waals surface area contributed by atoms with Crippen LogP contribution in [0.5, 0.6) is 5.75 Å². The van der Waals surface area contributed by atoms with Crippen LogP contribution >= 0.6 is 0 Å². The molecule has 0 aliphatic carbocycles. The van der Waals surface area contributed by atoms with Gasteiger partial charge in [0.1, 0.15) is 11.5 Å². The van der Waals surface area contributed by atoms with Gasteiger partial charge in [0, 0.05) is 24.5 Å². The molecule has 1 aliphatic rings. The number of aromatic nitrogens is 1. The molecular weight excluding hydrogens is 485 g/mol. The summed E-state index contributed by atoms with van der Waals surface area (Å²) in [6.45, 7) is 4.16. The molecule has 1 unspecified atom stereocenters. The van der Waals surface area contributed by atoms with Gasteiger partial charge in [-0.05, 0) is 53.4 Å². The average molecular weight is 511 g/mol. The number of pyridine rings is 1. The molecule has 1 saturated heterocycles. The third-order valence-corrected chi connectivity index (χ3v) is 5.86. The van der Waals surface area contributed by atoms with Crippen molar-refractivity contribution in [1.29, 1.82) is 0 Å². The average Bonchev–Trinajstić information content (AvgIpc) is 3.12. The highest BCUT2D eigenvalue weighted by atomic mass is 19.4. The van der Waals surface area contributed by atoms with E-state index in [0.29, 0.717) is 17.9 Å². The van der Waals surface area contributed by atoms with Gasteiger partial charge in [0.15, 0.2) is 0 Å². The van der Waals surface area contributed by atoms with Gasteiger partial charge in [-0.15, -0.1) is 0 Å². The third-order valence-electron chi connectivity index (χ3n) is 5.86. The molecule has 0 radical (unpaired) electrons. The molecule has 37 heavy (non-hydrogen) atoms. The van der Waals surface area contributed by atoms with Gasteiger partial charge in [-0.2, -0.15) is 13.2 Å². The molecule has 2 aromatic carbocycles. The molecule has 6 nitrogen and oxygen atoms in total. The predicted octanol–water partition coefficient (Wildman–Crippen LogP) is 5.76. The second kappa shape index (κ2) is 10.5. The van der Waals surface area contributed by atoms with E-state index >= 15 is 0 Å². The van der Waals surface area contributed by atoms with E-state index in [1.165, 1.54) is 24.5 Å². The van der Waals surface area contributed by atoms with E-state index in [1.54, 1.807) is 36.4 Å². The standard InChI is InChI=1S/C28H25F3N2O4/c1-17(2)16-37-22-8-4-6-20(14-22)25(34)23-24(19-9-11-32-12-10-19)33(27(36)26(23)35)15-18-5-3-7-21(13-18)28(29,30)31/h3-14,17,24,34H,15-16H2,1-2H3/b25-23+. The Balaban J connectivity index is 1.78. The number of carbonyl (C=O) groups excluding carboxylic acids is 2. The Kier molecular flexibility index (Phi) is 7.33. The van der Waals surface area contributed by atoms with Crippen LogP contribution in [0.25, 0.3) is 5.76 Å². The van der Waals surface area contributed by atoms with Gasteiger partial charge in [0.2, 0.25) is 0 Å². The summed E-state index contributed by atoms with van der Waals surface area (Å²) in [6, 6.07) is 13.3. The molecule has 1 aromatic heterocycles. The predicted molar refractivity (Wildman–Crippen MR) is 130 cm³/mol. The zero-order valence-corrected chi connectivity index (χ0v) is 20.2. The number of hydrogen-bond acceptors (Lipinski definition) is 5. The van der Waals surface area contributed by atoms with Gasteiger partial charge in [-0.1, -0.05) is 38.1 Å². The first kappa shape index (κ1) is 25.9. The van der Waals surface area contributed by atoms with Crippen molar-refractivity contribution < 1.29 is 32.6 Å². The second-order valence-corrected chi connectivity index (χ2v) is 9.14. The highest BCUT2D eigenvalue weighted by Gasteiger charge is 2.46. The van der Waals surface area contributed by atoms with Crippen molar-refractivity contribution in [2.45, 2.75) is 32.6 Å². The van der Waals surface area contributed by atoms with Crippen LogP contribution in [0.1, 0.15) is 42.1 Å². The fourth-order valence-corrected chi connectivity index (χ4v) is 4.13. The van der Waals surface area contributed by atoms with Gasteiger partial charge >= 0.3 is 6.18 Å². The van der Waals surface area contributed by atoms with Gasteiger partial charge in [-0.3, -0.25) is 14.6 Å². The highest BCUT2D eigenvalue weighted by molar-refractivity contribution is 6.46. The molecular formula is C28H25F3N2O4. The SMILES string of the molecule is CC(C)COc1cccc(/C(O)=C2\C(=O)C(=O)N(Cc3cccc(C(F)(F)F)c3)C2c2ccncc2)c1. The lowest BCUT2D eigenvalue weighted by Gasteiger charge is -2.25. The van der Waals surface area contributed by atoms with Crippen molar-refractivity contribution in [2.75, 3.05) is 6.61 Å². The summed E-state index contributed by atoms with van der Waals surface area (Å²) in [4.78, 5) is 31.5. The lowest BCUT2D eigenvalue weighted by atomic mass is 9.95. The Morgan fingerprint density at radius 3 is 2.43 bits per heavy atom. The molecule has 9 heteroatoms. The van der Waals surface area contributed by atoms with Crippen LogP contribution in [-0.2, 0) is 22.3 Å². The first-order chi connectivity index (χ1) is 17.6. The molecule has 1 amide bonds. The lowest BCUT2D eigenvalue weighted by molar-refractivity contribution is -0.140. The Morgan fingerprint density at radius 1 is 1.05 bits per heavy atom. The minimum absolute atomic E-state index is 0.163. The van der Waals surface area contributed by atoms with Gasteiger partial charge < -0.3 is 14.7 Å². The molecule has 1 N–H and O–H groups in total. The van der Waals surface area contributed by atoms with Crippen molar-refractivity contribution in [3.63, 3.8) is 0 Å².